The third-order valence-corrected chi connectivity index (χ3v) is 3.93. The molecule has 1 saturated heterocycles. The molecule has 2 atom stereocenters. The third kappa shape index (κ3) is 1.71. The van der Waals surface area contributed by atoms with Crippen LogP contribution in [0.2, 0.25) is 0 Å². The van der Waals surface area contributed by atoms with Gasteiger partial charge in [-0.3, -0.25) is 0 Å². The first-order chi connectivity index (χ1) is 7.84. The normalized spacial score (nSPS) is 28.4. The Morgan fingerprint density at radius 3 is 3.06 bits per heavy atom. The molecular formula is C14H20N2. The van der Waals surface area contributed by atoms with E-state index in [0.29, 0.717) is 12.1 Å². The van der Waals surface area contributed by atoms with E-state index in [1.165, 1.54) is 43.6 Å². The van der Waals surface area contributed by atoms with Gasteiger partial charge in [-0.1, -0.05) is 18.2 Å². The van der Waals surface area contributed by atoms with Crippen molar-refractivity contribution >= 4 is 5.69 Å². The van der Waals surface area contributed by atoms with Crippen molar-refractivity contribution in [2.45, 2.75) is 38.3 Å². The highest BCUT2D eigenvalue weighted by molar-refractivity contribution is 5.59. The zero-order valence-electron chi connectivity index (χ0n) is 9.95. The van der Waals surface area contributed by atoms with Gasteiger partial charge in [-0.15, -0.1) is 0 Å². The van der Waals surface area contributed by atoms with Gasteiger partial charge < -0.3 is 10.2 Å². The molecule has 86 valence electrons. The van der Waals surface area contributed by atoms with Gasteiger partial charge in [-0.05, 0) is 44.4 Å². The molecule has 2 heteroatoms. The Hall–Kier alpha value is -1.02. The van der Waals surface area contributed by atoms with E-state index in [-0.39, 0.29) is 0 Å². The first-order valence-corrected chi connectivity index (χ1v) is 6.42. The zero-order chi connectivity index (χ0) is 11.0. The number of hydrogen-bond donors (Lipinski definition) is 1. The summed E-state index contributed by atoms with van der Waals surface area (Å²) in [5.74, 6) is 0. The molecule has 1 N–H and O–H groups in total. The summed E-state index contributed by atoms with van der Waals surface area (Å²) in [6.45, 7) is 4.72. The monoisotopic (exact) mass is 216 g/mol. The predicted octanol–water partition coefficient (Wildman–Crippen LogP) is 2.19. The number of rotatable bonds is 2. The van der Waals surface area contributed by atoms with Crippen molar-refractivity contribution in [2.75, 3.05) is 18.0 Å². The lowest BCUT2D eigenvalue weighted by Gasteiger charge is -2.28. The maximum Gasteiger partial charge on any atom is 0.0402 e. The van der Waals surface area contributed by atoms with E-state index in [4.69, 9.17) is 0 Å². The minimum atomic E-state index is 0.666. The number of para-hydroxylation sites is 1. The van der Waals surface area contributed by atoms with Crippen LogP contribution >= 0.6 is 0 Å². The van der Waals surface area contributed by atoms with E-state index in [1.807, 2.05) is 0 Å². The average molecular weight is 216 g/mol. The smallest absolute Gasteiger partial charge is 0.0402 e. The first-order valence-electron chi connectivity index (χ1n) is 6.42. The minimum Gasteiger partial charge on any atom is -0.367 e. The molecule has 16 heavy (non-hydrogen) atoms. The molecule has 1 fully saturated rings. The molecule has 1 aromatic rings. The molecule has 0 amide bonds. The van der Waals surface area contributed by atoms with Crippen molar-refractivity contribution in [3.63, 3.8) is 0 Å². The van der Waals surface area contributed by atoms with Crippen LogP contribution in [-0.4, -0.2) is 25.2 Å². The highest BCUT2D eigenvalue weighted by Crippen LogP contribution is 2.32. The number of hydrogen-bond acceptors (Lipinski definition) is 2. The predicted molar refractivity (Wildman–Crippen MR) is 68.0 cm³/mol. The minimum absolute atomic E-state index is 0.666. The van der Waals surface area contributed by atoms with Crippen LogP contribution in [0.5, 0.6) is 0 Å². The second-order valence-electron chi connectivity index (χ2n) is 5.13. The van der Waals surface area contributed by atoms with E-state index < -0.39 is 0 Å². The fraction of sp³-hybridized carbons (Fsp3) is 0.571. The van der Waals surface area contributed by atoms with E-state index >= 15 is 0 Å². The molecule has 2 nitrogen and oxygen atoms in total. The fourth-order valence-corrected chi connectivity index (χ4v) is 3.06. The van der Waals surface area contributed by atoms with Crippen molar-refractivity contribution in [1.29, 1.82) is 0 Å². The molecule has 2 heterocycles. The molecule has 0 spiro atoms. The van der Waals surface area contributed by atoms with Crippen molar-refractivity contribution < 1.29 is 0 Å². The molecule has 1 unspecified atom stereocenters. The lowest BCUT2D eigenvalue weighted by Crippen LogP contribution is -2.40. The Kier molecular flexibility index (Phi) is 2.60. The van der Waals surface area contributed by atoms with Crippen molar-refractivity contribution in [3.05, 3.63) is 29.8 Å². The molecular weight excluding hydrogens is 196 g/mol. The molecule has 0 radical (unpaired) electrons. The van der Waals surface area contributed by atoms with Gasteiger partial charge in [-0.25, -0.2) is 0 Å². The number of nitrogens with one attached hydrogen (secondary N) is 1. The first kappa shape index (κ1) is 10.2. The average Bonchev–Trinajstić information content (AvgIpc) is 2.89. The van der Waals surface area contributed by atoms with Gasteiger partial charge in [0.1, 0.15) is 0 Å². The van der Waals surface area contributed by atoms with Crippen LogP contribution in [0.3, 0.4) is 0 Å². The molecule has 0 saturated carbocycles. The highest BCUT2D eigenvalue weighted by atomic mass is 15.2. The summed E-state index contributed by atoms with van der Waals surface area (Å²) in [4.78, 5) is 2.58. The summed E-state index contributed by atoms with van der Waals surface area (Å²) in [7, 11) is 0. The van der Waals surface area contributed by atoms with E-state index in [2.05, 4.69) is 41.4 Å². The lowest BCUT2D eigenvalue weighted by atomic mass is 10.1. The maximum atomic E-state index is 3.59. The second-order valence-corrected chi connectivity index (χ2v) is 5.13. The summed E-state index contributed by atoms with van der Waals surface area (Å²) >= 11 is 0. The second kappa shape index (κ2) is 4.10. The number of anilines is 1. The van der Waals surface area contributed by atoms with E-state index in [1.54, 1.807) is 0 Å². The van der Waals surface area contributed by atoms with Crippen LogP contribution in [0.25, 0.3) is 0 Å². The number of benzene rings is 1. The molecule has 3 rings (SSSR count). The van der Waals surface area contributed by atoms with Gasteiger partial charge in [0.05, 0.1) is 0 Å². The van der Waals surface area contributed by atoms with Crippen LogP contribution < -0.4 is 10.2 Å². The largest absolute Gasteiger partial charge is 0.367 e. The number of nitrogens with zero attached hydrogens (tertiary/aromatic N) is 1. The van der Waals surface area contributed by atoms with Crippen LogP contribution in [0.4, 0.5) is 5.69 Å². The van der Waals surface area contributed by atoms with E-state index in [9.17, 15) is 0 Å². The third-order valence-electron chi connectivity index (χ3n) is 3.93. The Morgan fingerprint density at radius 2 is 2.25 bits per heavy atom. The van der Waals surface area contributed by atoms with Crippen molar-refractivity contribution in [3.8, 4) is 0 Å². The standard InChI is InChI=1S/C14H20N2/c1-11-9-12-5-2-3-7-14(12)16(11)10-13-6-4-8-15-13/h2-3,5,7,11,13,15H,4,6,8-10H2,1H3/t11?,13-/m0/s1. The summed E-state index contributed by atoms with van der Waals surface area (Å²) in [5.41, 5.74) is 2.98. The summed E-state index contributed by atoms with van der Waals surface area (Å²) in [5, 5.41) is 3.59. The molecule has 0 bridgehead atoms. The Balaban J connectivity index is 1.79. The van der Waals surface area contributed by atoms with Crippen molar-refractivity contribution in [2.24, 2.45) is 0 Å². The molecule has 0 aliphatic carbocycles. The number of fused-ring (bicyclic) bond motifs is 1. The SMILES string of the molecule is CC1Cc2ccccc2N1C[C@@H]1CCCN1. The molecule has 1 aromatic carbocycles. The van der Waals surface area contributed by atoms with Crippen LogP contribution in [0, 0.1) is 0 Å². The summed E-state index contributed by atoms with van der Waals surface area (Å²) in [6, 6.07) is 10.2. The van der Waals surface area contributed by atoms with Crippen LogP contribution in [0.1, 0.15) is 25.3 Å². The van der Waals surface area contributed by atoms with Gasteiger partial charge in [0.25, 0.3) is 0 Å². The summed E-state index contributed by atoms with van der Waals surface area (Å²) < 4.78 is 0. The topological polar surface area (TPSA) is 15.3 Å². The Bertz CT molecular complexity index is 369. The molecule has 2 aliphatic rings. The highest BCUT2D eigenvalue weighted by Gasteiger charge is 2.28. The van der Waals surface area contributed by atoms with Crippen molar-refractivity contribution in [1.82, 2.24) is 5.32 Å². The van der Waals surface area contributed by atoms with Gasteiger partial charge in [-0.2, -0.15) is 0 Å². The van der Waals surface area contributed by atoms with Gasteiger partial charge in [0.2, 0.25) is 0 Å². The van der Waals surface area contributed by atoms with Crippen LogP contribution in [0.15, 0.2) is 24.3 Å². The maximum absolute atomic E-state index is 3.59. The molecule has 0 aromatic heterocycles. The fourth-order valence-electron chi connectivity index (χ4n) is 3.06. The Labute approximate surface area is 97.6 Å². The Morgan fingerprint density at radius 1 is 1.38 bits per heavy atom. The van der Waals surface area contributed by atoms with Gasteiger partial charge in [0.15, 0.2) is 0 Å². The quantitative estimate of drug-likeness (QED) is 0.815. The molecule has 2 aliphatic heterocycles. The van der Waals surface area contributed by atoms with Crippen LogP contribution in [-0.2, 0) is 6.42 Å². The summed E-state index contributed by atoms with van der Waals surface area (Å²) in [6.07, 6.45) is 3.89. The van der Waals surface area contributed by atoms with Gasteiger partial charge >= 0.3 is 0 Å². The van der Waals surface area contributed by atoms with E-state index in [0.717, 1.165) is 0 Å². The van der Waals surface area contributed by atoms with Gasteiger partial charge in [0, 0.05) is 24.3 Å². The zero-order valence-corrected chi connectivity index (χ0v) is 9.95. The lowest BCUT2D eigenvalue weighted by molar-refractivity contribution is 0.553.